The molecule has 1 aliphatic rings. The molecule has 3 heteroatoms. The van der Waals surface area contributed by atoms with Gasteiger partial charge in [-0.05, 0) is 44.2 Å². The van der Waals surface area contributed by atoms with Gasteiger partial charge < -0.3 is 10.5 Å². The Bertz CT molecular complexity index is 349. The molecule has 1 heterocycles. The number of pyridine rings is 1. The zero-order valence-corrected chi connectivity index (χ0v) is 11.4. The highest BCUT2D eigenvalue weighted by atomic mass is 16.5. The van der Waals surface area contributed by atoms with Gasteiger partial charge in [0.05, 0.1) is 6.10 Å². The van der Waals surface area contributed by atoms with Crippen LogP contribution in [0.25, 0.3) is 0 Å². The smallest absolute Gasteiger partial charge is 0.0580 e. The van der Waals surface area contributed by atoms with Gasteiger partial charge in [-0.2, -0.15) is 0 Å². The maximum absolute atomic E-state index is 6.30. The second kappa shape index (κ2) is 6.30. The fraction of sp³-hybridized carbons (Fsp3) is 0.667. The largest absolute Gasteiger partial charge is 0.378 e. The van der Waals surface area contributed by atoms with Crippen molar-refractivity contribution in [3.63, 3.8) is 0 Å². The van der Waals surface area contributed by atoms with E-state index in [0.717, 1.165) is 24.6 Å². The minimum absolute atomic E-state index is 0.201. The van der Waals surface area contributed by atoms with Crippen LogP contribution in [0, 0.1) is 5.92 Å². The molecule has 100 valence electrons. The Hall–Kier alpha value is -0.930. The number of ether oxygens (including phenoxy) is 1. The number of hydrogen-bond donors (Lipinski definition) is 1. The zero-order chi connectivity index (χ0) is 13.0. The third kappa shape index (κ3) is 3.30. The summed E-state index contributed by atoms with van der Waals surface area (Å²) < 4.78 is 5.58. The van der Waals surface area contributed by atoms with Crippen LogP contribution >= 0.6 is 0 Å². The summed E-state index contributed by atoms with van der Waals surface area (Å²) in [4.78, 5) is 4.39. The van der Waals surface area contributed by atoms with Gasteiger partial charge in [-0.15, -0.1) is 0 Å². The predicted molar refractivity (Wildman–Crippen MR) is 73.4 cm³/mol. The van der Waals surface area contributed by atoms with E-state index in [1.54, 1.807) is 0 Å². The van der Waals surface area contributed by atoms with Crippen LogP contribution in [0.4, 0.5) is 0 Å². The Labute approximate surface area is 110 Å². The van der Waals surface area contributed by atoms with Gasteiger partial charge >= 0.3 is 0 Å². The van der Waals surface area contributed by atoms with Crippen molar-refractivity contribution in [2.45, 2.75) is 51.2 Å². The second-order valence-corrected chi connectivity index (χ2v) is 5.36. The molecule has 0 spiro atoms. The van der Waals surface area contributed by atoms with Crippen LogP contribution in [0.5, 0.6) is 0 Å². The van der Waals surface area contributed by atoms with Gasteiger partial charge in [-0.3, -0.25) is 4.98 Å². The highest BCUT2D eigenvalue weighted by molar-refractivity contribution is 5.11. The third-order valence-corrected chi connectivity index (χ3v) is 4.00. The van der Waals surface area contributed by atoms with E-state index in [0.29, 0.717) is 12.0 Å². The van der Waals surface area contributed by atoms with E-state index in [1.165, 1.54) is 12.8 Å². The van der Waals surface area contributed by atoms with Gasteiger partial charge in [0, 0.05) is 30.5 Å². The maximum atomic E-state index is 6.30. The number of nitrogens with two attached hydrogens (primary N) is 1. The molecular weight excluding hydrogens is 224 g/mol. The molecule has 3 nitrogen and oxygen atoms in total. The number of rotatable bonds is 6. The van der Waals surface area contributed by atoms with Gasteiger partial charge in [0.25, 0.3) is 0 Å². The van der Waals surface area contributed by atoms with E-state index < -0.39 is 0 Å². The molecule has 2 N–H and O–H groups in total. The van der Waals surface area contributed by atoms with Crippen LogP contribution in [0.3, 0.4) is 0 Å². The van der Waals surface area contributed by atoms with Gasteiger partial charge in [0.15, 0.2) is 0 Å². The fourth-order valence-corrected chi connectivity index (χ4v) is 2.69. The van der Waals surface area contributed by atoms with Crippen molar-refractivity contribution in [3.8, 4) is 0 Å². The lowest BCUT2D eigenvalue weighted by Gasteiger charge is -2.37. The zero-order valence-electron chi connectivity index (χ0n) is 11.4. The van der Waals surface area contributed by atoms with Gasteiger partial charge in [-0.25, -0.2) is 0 Å². The lowest BCUT2D eigenvalue weighted by molar-refractivity contribution is -0.0286. The van der Waals surface area contributed by atoms with Gasteiger partial charge in [0.1, 0.15) is 0 Å². The highest BCUT2D eigenvalue weighted by Gasteiger charge is 2.32. The van der Waals surface area contributed by atoms with Crippen molar-refractivity contribution in [1.29, 1.82) is 0 Å². The van der Waals surface area contributed by atoms with Crippen LogP contribution in [0.1, 0.15) is 44.7 Å². The molecule has 1 aromatic rings. The Morgan fingerprint density at radius 2 is 2.22 bits per heavy atom. The molecule has 1 fully saturated rings. The van der Waals surface area contributed by atoms with Crippen molar-refractivity contribution < 1.29 is 4.74 Å². The summed E-state index contributed by atoms with van der Waals surface area (Å²) in [7, 11) is 0. The molecule has 1 aromatic heterocycles. The van der Waals surface area contributed by atoms with Crippen LogP contribution in [0.15, 0.2) is 24.4 Å². The predicted octanol–water partition coefficient (Wildman–Crippen LogP) is 2.72. The molecular formula is C15H24N2O. The molecule has 0 radical (unpaired) electrons. The van der Waals surface area contributed by atoms with Crippen molar-refractivity contribution >= 4 is 0 Å². The molecule has 0 aliphatic heterocycles. The van der Waals surface area contributed by atoms with Crippen molar-refractivity contribution in [2.24, 2.45) is 11.7 Å². The van der Waals surface area contributed by atoms with E-state index >= 15 is 0 Å². The minimum atomic E-state index is 0.201. The molecule has 2 unspecified atom stereocenters. The average molecular weight is 248 g/mol. The highest BCUT2D eigenvalue weighted by Crippen LogP contribution is 2.35. The fourth-order valence-electron chi connectivity index (χ4n) is 2.69. The van der Waals surface area contributed by atoms with E-state index in [4.69, 9.17) is 10.5 Å². The molecule has 0 amide bonds. The molecule has 2 rings (SSSR count). The Morgan fingerprint density at radius 3 is 2.83 bits per heavy atom. The monoisotopic (exact) mass is 248 g/mol. The molecule has 1 aliphatic carbocycles. The third-order valence-electron chi connectivity index (χ3n) is 4.00. The number of aromatic nitrogens is 1. The first-order chi connectivity index (χ1) is 8.70. The Balaban J connectivity index is 1.77. The Morgan fingerprint density at radius 1 is 1.44 bits per heavy atom. The molecule has 2 atom stereocenters. The normalized spacial score (nSPS) is 26.4. The van der Waals surface area contributed by atoms with Crippen LogP contribution in [0.2, 0.25) is 0 Å². The summed E-state index contributed by atoms with van der Waals surface area (Å²) in [6.45, 7) is 5.06. The lowest BCUT2D eigenvalue weighted by atomic mass is 9.76. The summed E-state index contributed by atoms with van der Waals surface area (Å²) in [5, 5.41) is 0. The SMILES string of the molecule is CCOC1CC(CC(N)C(C)c2ccccn2)C1. The molecule has 1 saturated carbocycles. The van der Waals surface area contributed by atoms with Gasteiger partial charge in [0.2, 0.25) is 0 Å². The van der Waals surface area contributed by atoms with Crippen LogP contribution in [-0.4, -0.2) is 23.7 Å². The maximum Gasteiger partial charge on any atom is 0.0580 e. The molecule has 0 saturated heterocycles. The van der Waals surface area contributed by atoms with E-state index in [9.17, 15) is 0 Å². The second-order valence-electron chi connectivity index (χ2n) is 5.36. The molecule has 0 bridgehead atoms. The van der Waals surface area contributed by atoms with Crippen LogP contribution < -0.4 is 5.73 Å². The molecule has 18 heavy (non-hydrogen) atoms. The summed E-state index contributed by atoms with van der Waals surface area (Å²) >= 11 is 0. The number of hydrogen-bond acceptors (Lipinski definition) is 3. The summed E-state index contributed by atoms with van der Waals surface area (Å²) in [5.74, 6) is 1.07. The summed E-state index contributed by atoms with van der Waals surface area (Å²) in [5.41, 5.74) is 7.40. The van der Waals surface area contributed by atoms with E-state index in [-0.39, 0.29) is 6.04 Å². The van der Waals surface area contributed by atoms with Crippen molar-refractivity contribution in [3.05, 3.63) is 30.1 Å². The Kier molecular flexibility index (Phi) is 4.72. The van der Waals surface area contributed by atoms with Crippen LogP contribution in [-0.2, 0) is 4.74 Å². The summed E-state index contributed by atoms with van der Waals surface area (Å²) in [6, 6.07) is 6.24. The number of nitrogens with zero attached hydrogens (tertiary/aromatic N) is 1. The standard InChI is InChI=1S/C15H24N2O/c1-3-18-13-8-12(9-13)10-14(16)11(2)15-6-4-5-7-17-15/h4-7,11-14H,3,8-10,16H2,1-2H3. The molecule has 0 aromatic carbocycles. The quantitative estimate of drug-likeness (QED) is 0.842. The summed E-state index contributed by atoms with van der Waals surface area (Å²) in [6.07, 6.45) is 5.76. The lowest BCUT2D eigenvalue weighted by Crippen LogP contribution is -2.37. The van der Waals surface area contributed by atoms with Crippen molar-refractivity contribution in [1.82, 2.24) is 4.98 Å². The first-order valence-corrected chi connectivity index (χ1v) is 6.98. The van der Waals surface area contributed by atoms with Gasteiger partial charge in [-0.1, -0.05) is 13.0 Å². The van der Waals surface area contributed by atoms with Crippen molar-refractivity contribution in [2.75, 3.05) is 6.61 Å². The first kappa shape index (κ1) is 13.5. The minimum Gasteiger partial charge on any atom is -0.378 e. The first-order valence-electron chi connectivity index (χ1n) is 6.98. The van der Waals surface area contributed by atoms with E-state index in [2.05, 4.69) is 24.9 Å². The van der Waals surface area contributed by atoms with E-state index in [1.807, 2.05) is 18.3 Å². The average Bonchev–Trinajstić information content (AvgIpc) is 2.36. The topological polar surface area (TPSA) is 48.1 Å².